The maximum absolute atomic E-state index is 12.0. The first-order valence-electron chi connectivity index (χ1n) is 5.75. The third-order valence-corrected chi connectivity index (χ3v) is 3.02. The smallest absolute Gasteiger partial charge is 0.248 e. The summed E-state index contributed by atoms with van der Waals surface area (Å²) in [6, 6.07) is 6.47. The Morgan fingerprint density at radius 3 is 2.89 bits per heavy atom. The highest BCUT2D eigenvalue weighted by Gasteiger charge is 2.15. The average Bonchev–Trinajstić information content (AvgIpc) is 2.92. The molecule has 0 aliphatic rings. The molecule has 0 spiro atoms. The average molecular weight is 280 g/mol. The van der Waals surface area contributed by atoms with E-state index in [1.807, 2.05) is 0 Å². The van der Waals surface area contributed by atoms with Gasteiger partial charge in [-0.05, 0) is 31.2 Å². The third-order valence-electron chi connectivity index (χ3n) is 2.72. The second kappa shape index (κ2) is 5.75. The Hall–Kier alpha value is -2.01. The Morgan fingerprint density at radius 2 is 2.32 bits per heavy atom. The first kappa shape index (κ1) is 13.4. The maximum Gasteiger partial charge on any atom is 0.248 e. The lowest BCUT2D eigenvalue weighted by atomic mass is 10.2. The predicted molar refractivity (Wildman–Crippen MR) is 73.6 cm³/mol. The van der Waals surface area contributed by atoms with Crippen LogP contribution in [0.15, 0.2) is 36.7 Å². The van der Waals surface area contributed by atoms with E-state index in [9.17, 15) is 4.79 Å². The van der Waals surface area contributed by atoms with Crippen LogP contribution < -0.4 is 10.1 Å². The molecule has 2 aromatic rings. The van der Waals surface area contributed by atoms with Crippen LogP contribution in [0.4, 0.5) is 5.69 Å². The molecular formula is C13H14ClN3O2. The number of anilines is 1. The number of nitrogens with one attached hydrogen (secondary N) is 1. The number of methoxy groups -OCH3 is 1. The number of halogens is 1. The van der Waals surface area contributed by atoms with Crippen molar-refractivity contribution in [3.8, 4) is 5.75 Å². The number of carbonyl (C=O) groups excluding carboxylic acids is 1. The van der Waals surface area contributed by atoms with Gasteiger partial charge in [0, 0.05) is 18.1 Å². The molecular weight excluding hydrogens is 266 g/mol. The molecule has 2 rings (SSSR count). The summed E-state index contributed by atoms with van der Waals surface area (Å²) in [4.78, 5) is 12.0. The van der Waals surface area contributed by atoms with Crippen LogP contribution in [0.1, 0.15) is 13.0 Å². The Labute approximate surface area is 116 Å². The molecule has 0 bridgehead atoms. The first-order valence-corrected chi connectivity index (χ1v) is 6.13. The molecule has 1 aromatic heterocycles. The molecule has 1 unspecified atom stereocenters. The van der Waals surface area contributed by atoms with E-state index in [1.54, 1.807) is 55.4 Å². The second-order valence-electron chi connectivity index (χ2n) is 4.00. The maximum atomic E-state index is 12.0. The number of hydrogen-bond acceptors (Lipinski definition) is 3. The number of amides is 1. The molecule has 0 aliphatic carbocycles. The summed E-state index contributed by atoms with van der Waals surface area (Å²) in [7, 11) is 1.54. The van der Waals surface area contributed by atoms with Crippen molar-refractivity contribution in [1.29, 1.82) is 0 Å². The van der Waals surface area contributed by atoms with Crippen LogP contribution in [0, 0.1) is 0 Å². The molecule has 0 saturated heterocycles. The van der Waals surface area contributed by atoms with Gasteiger partial charge in [-0.1, -0.05) is 11.6 Å². The molecule has 0 radical (unpaired) electrons. The molecule has 19 heavy (non-hydrogen) atoms. The van der Waals surface area contributed by atoms with Crippen LogP contribution in [-0.4, -0.2) is 22.8 Å². The van der Waals surface area contributed by atoms with Crippen LogP contribution in [-0.2, 0) is 4.79 Å². The minimum Gasteiger partial charge on any atom is -0.495 e. The number of nitrogens with zero attached hydrogens (tertiary/aromatic N) is 2. The minimum atomic E-state index is -0.393. The van der Waals surface area contributed by atoms with Crippen LogP contribution in [0.2, 0.25) is 5.02 Å². The lowest BCUT2D eigenvalue weighted by Gasteiger charge is -2.13. The number of benzene rings is 1. The van der Waals surface area contributed by atoms with E-state index in [4.69, 9.17) is 16.3 Å². The molecule has 5 nitrogen and oxygen atoms in total. The lowest BCUT2D eigenvalue weighted by molar-refractivity contribution is -0.119. The second-order valence-corrected chi connectivity index (χ2v) is 4.41. The number of ether oxygens (including phenoxy) is 1. The highest BCUT2D eigenvalue weighted by atomic mass is 35.5. The van der Waals surface area contributed by atoms with Crippen molar-refractivity contribution < 1.29 is 9.53 Å². The molecule has 1 atom stereocenters. The van der Waals surface area contributed by atoms with Crippen LogP contribution in [0.25, 0.3) is 0 Å². The van der Waals surface area contributed by atoms with E-state index in [1.165, 1.54) is 0 Å². The summed E-state index contributed by atoms with van der Waals surface area (Å²) in [6.07, 6.45) is 3.37. The zero-order chi connectivity index (χ0) is 13.8. The number of carbonyl (C=O) groups is 1. The van der Waals surface area contributed by atoms with Gasteiger partial charge in [0.15, 0.2) is 0 Å². The number of hydrogen-bond donors (Lipinski definition) is 1. The fourth-order valence-corrected chi connectivity index (χ4v) is 1.88. The molecule has 1 amide bonds. The molecule has 1 N–H and O–H groups in total. The highest BCUT2D eigenvalue weighted by Crippen LogP contribution is 2.27. The van der Waals surface area contributed by atoms with Gasteiger partial charge in [-0.2, -0.15) is 5.10 Å². The topological polar surface area (TPSA) is 56.1 Å². The van der Waals surface area contributed by atoms with Crippen molar-refractivity contribution in [3.05, 3.63) is 41.7 Å². The van der Waals surface area contributed by atoms with Crippen molar-refractivity contribution in [2.75, 3.05) is 12.4 Å². The summed E-state index contributed by atoms with van der Waals surface area (Å²) in [5.41, 5.74) is 0.620. The molecule has 0 aliphatic heterocycles. The Bertz CT molecular complexity index is 569. The van der Waals surface area contributed by atoms with Crippen LogP contribution >= 0.6 is 11.6 Å². The standard InChI is InChI=1S/C13H14ClN3O2/c1-9(17-7-3-6-15-17)13(18)16-10-4-5-12(19-2)11(14)8-10/h3-9H,1-2H3,(H,16,18). The normalized spacial score (nSPS) is 11.9. The van der Waals surface area contributed by atoms with Gasteiger partial charge in [-0.3, -0.25) is 9.48 Å². The van der Waals surface area contributed by atoms with E-state index < -0.39 is 6.04 Å². The molecule has 1 aromatic carbocycles. The molecule has 6 heteroatoms. The van der Waals surface area contributed by atoms with Gasteiger partial charge < -0.3 is 10.1 Å². The summed E-state index contributed by atoms with van der Waals surface area (Å²) < 4.78 is 6.64. The van der Waals surface area contributed by atoms with Gasteiger partial charge >= 0.3 is 0 Å². The Kier molecular flexibility index (Phi) is 4.06. The van der Waals surface area contributed by atoms with Gasteiger partial charge in [0.05, 0.1) is 12.1 Å². The minimum absolute atomic E-state index is 0.162. The van der Waals surface area contributed by atoms with E-state index in [0.717, 1.165) is 0 Å². The third kappa shape index (κ3) is 3.06. The Balaban J connectivity index is 2.09. The zero-order valence-electron chi connectivity index (χ0n) is 10.6. The lowest BCUT2D eigenvalue weighted by Crippen LogP contribution is -2.23. The fourth-order valence-electron chi connectivity index (χ4n) is 1.62. The van der Waals surface area contributed by atoms with Gasteiger partial charge in [0.25, 0.3) is 0 Å². The SMILES string of the molecule is COc1ccc(NC(=O)C(C)n2cccn2)cc1Cl. The van der Waals surface area contributed by atoms with Crippen molar-refractivity contribution in [3.63, 3.8) is 0 Å². The first-order chi connectivity index (χ1) is 9.11. The molecule has 1 heterocycles. The van der Waals surface area contributed by atoms with Crippen molar-refractivity contribution in [2.24, 2.45) is 0 Å². The zero-order valence-corrected chi connectivity index (χ0v) is 11.4. The van der Waals surface area contributed by atoms with Gasteiger partial charge in [-0.15, -0.1) is 0 Å². The number of aromatic nitrogens is 2. The molecule has 0 fully saturated rings. The monoisotopic (exact) mass is 279 g/mol. The molecule has 0 saturated carbocycles. The Morgan fingerprint density at radius 1 is 1.53 bits per heavy atom. The largest absolute Gasteiger partial charge is 0.495 e. The van der Waals surface area contributed by atoms with Crippen molar-refractivity contribution in [1.82, 2.24) is 9.78 Å². The van der Waals surface area contributed by atoms with Crippen LogP contribution in [0.3, 0.4) is 0 Å². The van der Waals surface area contributed by atoms with Crippen molar-refractivity contribution in [2.45, 2.75) is 13.0 Å². The quantitative estimate of drug-likeness (QED) is 0.936. The van der Waals surface area contributed by atoms with Gasteiger partial charge in [-0.25, -0.2) is 0 Å². The van der Waals surface area contributed by atoms with E-state index in [0.29, 0.717) is 16.5 Å². The summed E-state index contributed by atoms with van der Waals surface area (Å²) in [6.45, 7) is 1.77. The van der Waals surface area contributed by atoms with E-state index >= 15 is 0 Å². The van der Waals surface area contributed by atoms with Crippen LogP contribution in [0.5, 0.6) is 5.75 Å². The van der Waals surface area contributed by atoms with Gasteiger partial charge in [0.2, 0.25) is 5.91 Å². The fraction of sp³-hybridized carbons (Fsp3) is 0.231. The van der Waals surface area contributed by atoms with E-state index in [2.05, 4.69) is 10.4 Å². The van der Waals surface area contributed by atoms with Gasteiger partial charge in [0.1, 0.15) is 11.8 Å². The summed E-state index contributed by atoms with van der Waals surface area (Å²) >= 11 is 6.00. The highest BCUT2D eigenvalue weighted by molar-refractivity contribution is 6.32. The number of rotatable bonds is 4. The van der Waals surface area contributed by atoms with E-state index in [-0.39, 0.29) is 5.91 Å². The summed E-state index contributed by atoms with van der Waals surface area (Å²) in [5, 5.41) is 7.27. The summed E-state index contributed by atoms with van der Waals surface area (Å²) in [5.74, 6) is 0.407. The predicted octanol–water partition coefficient (Wildman–Crippen LogP) is 2.74. The molecule has 100 valence electrons. The van der Waals surface area contributed by atoms with Crippen molar-refractivity contribution >= 4 is 23.2 Å².